The SMILES string of the molecule is COc1ccccc1/C=C/C(=O)NC(C)c1nc(C)no1. The molecule has 1 unspecified atom stereocenters. The fourth-order valence-electron chi connectivity index (χ4n) is 1.78. The first-order valence-electron chi connectivity index (χ1n) is 6.52. The molecule has 1 amide bonds. The van der Waals surface area contributed by atoms with Gasteiger partial charge < -0.3 is 14.6 Å². The highest BCUT2D eigenvalue weighted by Gasteiger charge is 2.14. The average molecular weight is 287 g/mol. The molecule has 1 aromatic carbocycles. The molecule has 1 N–H and O–H groups in total. The van der Waals surface area contributed by atoms with Crippen molar-refractivity contribution in [3.63, 3.8) is 0 Å². The molecule has 2 rings (SSSR count). The van der Waals surface area contributed by atoms with Gasteiger partial charge in [0.25, 0.3) is 0 Å². The number of para-hydroxylation sites is 1. The van der Waals surface area contributed by atoms with E-state index in [1.165, 1.54) is 6.08 Å². The van der Waals surface area contributed by atoms with E-state index >= 15 is 0 Å². The molecular formula is C15H17N3O3. The summed E-state index contributed by atoms with van der Waals surface area (Å²) in [5.41, 5.74) is 0.830. The smallest absolute Gasteiger partial charge is 0.248 e. The minimum Gasteiger partial charge on any atom is -0.496 e. The van der Waals surface area contributed by atoms with Gasteiger partial charge in [0.2, 0.25) is 11.8 Å². The Balaban J connectivity index is 1.99. The molecule has 0 fully saturated rings. The molecule has 0 saturated heterocycles. The van der Waals surface area contributed by atoms with Gasteiger partial charge in [-0.25, -0.2) is 0 Å². The molecule has 0 saturated carbocycles. The van der Waals surface area contributed by atoms with E-state index in [-0.39, 0.29) is 11.9 Å². The number of benzene rings is 1. The van der Waals surface area contributed by atoms with Gasteiger partial charge in [0.05, 0.1) is 7.11 Å². The van der Waals surface area contributed by atoms with Crippen LogP contribution in [0.4, 0.5) is 0 Å². The summed E-state index contributed by atoms with van der Waals surface area (Å²) in [4.78, 5) is 16.0. The second-order valence-corrected chi connectivity index (χ2v) is 4.49. The lowest BCUT2D eigenvalue weighted by Crippen LogP contribution is -2.24. The maximum atomic E-state index is 11.9. The summed E-state index contributed by atoms with van der Waals surface area (Å²) in [7, 11) is 1.59. The van der Waals surface area contributed by atoms with Crippen molar-refractivity contribution in [3.05, 3.63) is 47.6 Å². The van der Waals surface area contributed by atoms with Crippen LogP contribution < -0.4 is 10.1 Å². The topological polar surface area (TPSA) is 77.2 Å². The molecule has 0 aliphatic rings. The van der Waals surface area contributed by atoms with Gasteiger partial charge in [-0.1, -0.05) is 23.4 Å². The standard InChI is InChI=1S/C15H17N3O3/c1-10(15-17-11(2)18-21-15)16-14(19)9-8-12-6-4-5-7-13(12)20-3/h4-10H,1-3H3,(H,16,19)/b9-8+. The molecule has 2 aromatic rings. The van der Waals surface area contributed by atoms with Crippen LogP contribution in [0.15, 0.2) is 34.9 Å². The van der Waals surface area contributed by atoms with E-state index in [4.69, 9.17) is 9.26 Å². The highest BCUT2D eigenvalue weighted by Crippen LogP contribution is 2.18. The van der Waals surface area contributed by atoms with Crippen LogP contribution in [0.5, 0.6) is 5.75 Å². The average Bonchev–Trinajstić information content (AvgIpc) is 2.92. The lowest BCUT2D eigenvalue weighted by Gasteiger charge is -2.07. The van der Waals surface area contributed by atoms with Crippen LogP contribution in [0.1, 0.15) is 30.2 Å². The first-order chi connectivity index (χ1) is 10.1. The van der Waals surface area contributed by atoms with E-state index in [1.54, 1.807) is 27.0 Å². The van der Waals surface area contributed by atoms with E-state index in [9.17, 15) is 4.79 Å². The number of rotatable bonds is 5. The van der Waals surface area contributed by atoms with Crippen molar-refractivity contribution < 1.29 is 14.1 Å². The van der Waals surface area contributed by atoms with Gasteiger partial charge >= 0.3 is 0 Å². The maximum absolute atomic E-state index is 11.9. The number of hydrogen-bond acceptors (Lipinski definition) is 5. The second-order valence-electron chi connectivity index (χ2n) is 4.49. The van der Waals surface area contributed by atoms with Gasteiger partial charge in [0, 0.05) is 11.6 Å². The summed E-state index contributed by atoms with van der Waals surface area (Å²) in [5, 5.41) is 6.44. The number of methoxy groups -OCH3 is 1. The first-order valence-corrected chi connectivity index (χ1v) is 6.52. The van der Waals surface area contributed by atoms with Crippen LogP contribution in [0.25, 0.3) is 6.08 Å². The molecule has 1 aromatic heterocycles. The fraction of sp³-hybridized carbons (Fsp3) is 0.267. The molecule has 0 aliphatic carbocycles. The molecule has 0 aliphatic heterocycles. The summed E-state index contributed by atoms with van der Waals surface area (Å²) < 4.78 is 10.2. The Hall–Kier alpha value is -2.63. The Morgan fingerprint density at radius 1 is 1.43 bits per heavy atom. The monoisotopic (exact) mass is 287 g/mol. The van der Waals surface area contributed by atoms with Crippen LogP contribution in [-0.2, 0) is 4.79 Å². The summed E-state index contributed by atoms with van der Waals surface area (Å²) >= 11 is 0. The number of amides is 1. The molecule has 21 heavy (non-hydrogen) atoms. The van der Waals surface area contributed by atoms with Crippen LogP contribution in [0.2, 0.25) is 0 Å². The Bertz CT molecular complexity index is 649. The zero-order valence-electron chi connectivity index (χ0n) is 12.2. The van der Waals surface area contributed by atoms with Gasteiger partial charge in [-0.05, 0) is 26.0 Å². The first kappa shape index (κ1) is 14.8. The van der Waals surface area contributed by atoms with Crippen LogP contribution >= 0.6 is 0 Å². The number of carbonyl (C=O) groups excluding carboxylic acids is 1. The number of nitrogens with one attached hydrogen (secondary N) is 1. The van der Waals surface area contributed by atoms with Gasteiger partial charge in [-0.15, -0.1) is 0 Å². The van der Waals surface area contributed by atoms with Crippen LogP contribution in [0, 0.1) is 6.92 Å². The van der Waals surface area contributed by atoms with Crippen LogP contribution in [0.3, 0.4) is 0 Å². The number of aryl methyl sites for hydroxylation is 1. The van der Waals surface area contributed by atoms with Crippen LogP contribution in [-0.4, -0.2) is 23.2 Å². The van der Waals surface area contributed by atoms with Gasteiger partial charge in [0.15, 0.2) is 5.82 Å². The lowest BCUT2D eigenvalue weighted by atomic mass is 10.2. The van der Waals surface area contributed by atoms with E-state index in [1.807, 2.05) is 24.3 Å². The van der Waals surface area contributed by atoms with Crippen molar-refractivity contribution in [1.29, 1.82) is 0 Å². The molecule has 1 heterocycles. The highest BCUT2D eigenvalue weighted by molar-refractivity contribution is 5.92. The van der Waals surface area contributed by atoms with Crippen molar-refractivity contribution >= 4 is 12.0 Å². The molecular weight excluding hydrogens is 270 g/mol. The summed E-state index contributed by atoms with van der Waals surface area (Å²) in [5.74, 6) is 1.38. The largest absolute Gasteiger partial charge is 0.496 e. The molecule has 6 heteroatoms. The normalized spacial score (nSPS) is 12.3. The van der Waals surface area contributed by atoms with E-state index < -0.39 is 0 Å². The fourth-order valence-corrected chi connectivity index (χ4v) is 1.78. The van der Waals surface area contributed by atoms with Crippen molar-refractivity contribution in [1.82, 2.24) is 15.5 Å². The third-order valence-electron chi connectivity index (χ3n) is 2.83. The molecule has 0 radical (unpaired) electrons. The molecule has 110 valence electrons. The predicted molar refractivity (Wildman–Crippen MR) is 77.6 cm³/mol. The van der Waals surface area contributed by atoms with Gasteiger partial charge in [-0.3, -0.25) is 4.79 Å². The van der Waals surface area contributed by atoms with E-state index in [2.05, 4.69) is 15.5 Å². The summed E-state index contributed by atoms with van der Waals surface area (Å²) in [6, 6.07) is 7.11. The van der Waals surface area contributed by atoms with E-state index in [0.29, 0.717) is 17.5 Å². The van der Waals surface area contributed by atoms with Crippen molar-refractivity contribution in [2.24, 2.45) is 0 Å². The predicted octanol–water partition coefficient (Wildman–Crippen LogP) is 2.28. The number of hydrogen-bond donors (Lipinski definition) is 1. The Kier molecular flexibility index (Phi) is 4.71. The van der Waals surface area contributed by atoms with Crippen molar-refractivity contribution in [2.75, 3.05) is 7.11 Å². The molecule has 0 spiro atoms. The number of carbonyl (C=O) groups is 1. The maximum Gasteiger partial charge on any atom is 0.248 e. The quantitative estimate of drug-likeness (QED) is 0.854. The third-order valence-corrected chi connectivity index (χ3v) is 2.83. The Morgan fingerprint density at radius 2 is 2.19 bits per heavy atom. The summed E-state index contributed by atoms with van der Waals surface area (Å²) in [6.45, 7) is 3.50. The molecule has 0 bridgehead atoms. The minimum absolute atomic E-state index is 0.246. The van der Waals surface area contributed by atoms with Gasteiger partial charge in [-0.2, -0.15) is 4.98 Å². The molecule has 1 atom stereocenters. The second kappa shape index (κ2) is 6.69. The Labute approximate surface area is 122 Å². The van der Waals surface area contributed by atoms with E-state index in [0.717, 1.165) is 5.56 Å². The van der Waals surface area contributed by atoms with Gasteiger partial charge in [0.1, 0.15) is 11.8 Å². The Morgan fingerprint density at radius 3 is 2.86 bits per heavy atom. The number of aromatic nitrogens is 2. The molecule has 6 nitrogen and oxygen atoms in total. The number of ether oxygens (including phenoxy) is 1. The van der Waals surface area contributed by atoms with Crippen molar-refractivity contribution in [2.45, 2.75) is 19.9 Å². The number of nitrogens with zero attached hydrogens (tertiary/aromatic N) is 2. The summed E-state index contributed by atoms with van der Waals surface area (Å²) in [6.07, 6.45) is 3.14. The third kappa shape index (κ3) is 3.92. The lowest BCUT2D eigenvalue weighted by molar-refractivity contribution is -0.117. The zero-order chi connectivity index (χ0) is 15.2. The minimum atomic E-state index is -0.346. The van der Waals surface area contributed by atoms with Crippen molar-refractivity contribution in [3.8, 4) is 5.75 Å². The highest BCUT2D eigenvalue weighted by atomic mass is 16.5. The zero-order valence-corrected chi connectivity index (χ0v) is 12.2.